The van der Waals surface area contributed by atoms with Gasteiger partial charge in [-0.3, -0.25) is 0 Å². The Morgan fingerprint density at radius 2 is 1.79 bits per heavy atom. The minimum atomic E-state index is -0.0766. The van der Waals surface area contributed by atoms with Crippen LogP contribution in [0, 0.1) is 46.3 Å². The number of fused-ring (bicyclic) bond motifs is 5. The molecular formula is C27H46O. The number of allylic oxidation sites excluding steroid dienone is 1. The van der Waals surface area contributed by atoms with Crippen molar-refractivity contribution in [3.05, 3.63) is 11.6 Å². The maximum atomic E-state index is 10.2. The lowest BCUT2D eigenvalue weighted by atomic mass is 9.47. The Hall–Kier alpha value is -0.300. The molecule has 0 aromatic carbocycles. The van der Waals surface area contributed by atoms with Crippen molar-refractivity contribution in [2.75, 3.05) is 0 Å². The van der Waals surface area contributed by atoms with Gasteiger partial charge >= 0.3 is 0 Å². The molecule has 0 spiro atoms. The molecule has 0 heterocycles. The first-order valence-electron chi connectivity index (χ1n) is 12.6. The van der Waals surface area contributed by atoms with Crippen LogP contribution in [0.1, 0.15) is 105 Å². The number of aliphatic hydroxyl groups excluding tert-OH is 1. The van der Waals surface area contributed by atoms with Gasteiger partial charge in [0.25, 0.3) is 0 Å². The van der Waals surface area contributed by atoms with Crippen LogP contribution in [-0.2, 0) is 0 Å². The van der Waals surface area contributed by atoms with Crippen molar-refractivity contribution in [3.63, 3.8) is 0 Å². The zero-order valence-electron chi connectivity index (χ0n) is 19.3. The Morgan fingerprint density at radius 1 is 1.00 bits per heavy atom. The van der Waals surface area contributed by atoms with E-state index in [1.54, 1.807) is 5.57 Å². The summed E-state index contributed by atoms with van der Waals surface area (Å²) in [6.45, 7) is 12.6. The van der Waals surface area contributed by atoms with Crippen molar-refractivity contribution < 1.29 is 5.11 Å². The van der Waals surface area contributed by atoms with Crippen LogP contribution in [0.25, 0.3) is 0 Å². The van der Waals surface area contributed by atoms with E-state index in [2.05, 4.69) is 40.7 Å². The summed E-state index contributed by atoms with van der Waals surface area (Å²) in [6, 6.07) is 0. The van der Waals surface area contributed by atoms with Gasteiger partial charge in [-0.05, 0) is 97.7 Å². The molecular weight excluding hydrogens is 340 g/mol. The lowest BCUT2D eigenvalue weighted by Gasteiger charge is -2.58. The second-order valence-corrected chi connectivity index (χ2v) is 12.2. The first-order chi connectivity index (χ1) is 13.3. The molecule has 0 radical (unpaired) electrons. The van der Waals surface area contributed by atoms with Crippen molar-refractivity contribution in [1.82, 2.24) is 0 Å². The summed E-state index contributed by atoms with van der Waals surface area (Å²) in [6.07, 6.45) is 17.2. The van der Waals surface area contributed by atoms with Gasteiger partial charge in [-0.2, -0.15) is 0 Å². The summed E-state index contributed by atoms with van der Waals surface area (Å²) in [5.74, 6) is 5.46. The van der Waals surface area contributed by atoms with Crippen LogP contribution in [0.3, 0.4) is 0 Å². The predicted molar refractivity (Wildman–Crippen MR) is 119 cm³/mol. The van der Waals surface area contributed by atoms with Gasteiger partial charge in [0.2, 0.25) is 0 Å². The first kappa shape index (κ1) is 21.0. The second-order valence-electron chi connectivity index (χ2n) is 12.2. The van der Waals surface area contributed by atoms with E-state index in [-0.39, 0.29) is 6.10 Å². The standard InChI is InChI=1S/C27H46O/c1-18(2)7-6-8-19(3)23-11-12-24-22-10-9-20-17-21(28)13-15-26(20,4)25(22)14-16-27(23,24)5/h9,18-19,21-25,28H,6-8,10-17H2,1-5H3/t19-,21?,22?,23?,24+,25+,26?,27?/m1/s1. The highest BCUT2D eigenvalue weighted by molar-refractivity contribution is 5.25. The van der Waals surface area contributed by atoms with E-state index in [1.807, 2.05) is 0 Å². The lowest BCUT2D eigenvalue weighted by molar-refractivity contribution is -0.0573. The summed E-state index contributed by atoms with van der Waals surface area (Å²) in [7, 11) is 0. The van der Waals surface area contributed by atoms with E-state index < -0.39 is 0 Å². The molecule has 0 aromatic rings. The van der Waals surface area contributed by atoms with Gasteiger partial charge < -0.3 is 5.11 Å². The fraction of sp³-hybridized carbons (Fsp3) is 0.926. The van der Waals surface area contributed by atoms with Gasteiger partial charge in [0.1, 0.15) is 0 Å². The van der Waals surface area contributed by atoms with Crippen molar-refractivity contribution in [3.8, 4) is 0 Å². The van der Waals surface area contributed by atoms with Gasteiger partial charge in [0.05, 0.1) is 6.10 Å². The van der Waals surface area contributed by atoms with Crippen LogP contribution >= 0.6 is 0 Å². The van der Waals surface area contributed by atoms with Crippen LogP contribution in [0.4, 0.5) is 0 Å². The zero-order chi connectivity index (χ0) is 20.1. The van der Waals surface area contributed by atoms with E-state index >= 15 is 0 Å². The Bertz CT molecular complexity index is 591. The third kappa shape index (κ3) is 3.42. The van der Waals surface area contributed by atoms with Crippen LogP contribution in [-0.4, -0.2) is 11.2 Å². The van der Waals surface area contributed by atoms with E-state index in [0.29, 0.717) is 10.8 Å². The van der Waals surface area contributed by atoms with E-state index in [9.17, 15) is 5.11 Å². The van der Waals surface area contributed by atoms with E-state index in [0.717, 1.165) is 48.3 Å². The summed E-state index contributed by atoms with van der Waals surface area (Å²) < 4.78 is 0. The third-order valence-corrected chi connectivity index (χ3v) is 10.3. The SMILES string of the molecule is CC(C)CCC[C@@H](C)C1CC[C@H]2C3CC=C4CC(O)CCC4(C)[C@H]3CCC12C. The molecule has 3 fully saturated rings. The fourth-order valence-electron chi connectivity index (χ4n) is 8.67. The van der Waals surface area contributed by atoms with Crippen molar-refractivity contribution in [2.45, 2.75) is 111 Å². The number of hydrogen-bond acceptors (Lipinski definition) is 1. The molecule has 3 saturated carbocycles. The highest BCUT2D eigenvalue weighted by Crippen LogP contribution is 2.67. The quantitative estimate of drug-likeness (QED) is 0.488. The summed E-state index contributed by atoms with van der Waals surface area (Å²) >= 11 is 0. The minimum Gasteiger partial charge on any atom is -0.393 e. The third-order valence-electron chi connectivity index (χ3n) is 10.3. The molecule has 0 bridgehead atoms. The van der Waals surface area contributed by atoms with Gasteiger partial charge in [-0.1, -0.05) is 65.5 Å². The largest absolute Gasteiger partial charge is 0.393 e. The smallest absolute Gasteiger partial charge is 0.0577 e. The highest BCUT2D eigenvalue weighted by Gasteiger charge is 2.59. The Labute approximate surface area is 174 Å². The van der Waals surface area contributed by atoms with Crippen molar-refractivity contribution in [1.29, 1.82) is 0 Å². The van der Waals surface area contributed by atoms with Crippen molar-refractivity contribution in [2.24, 2.45) is 46.3 Å². The Kier molecular flexibility index (Phi) is 5.80. The predicted octanol–water partition coefficient (Wildman–Crippen LogP) is 7.39. The number of hydrogen-bond donors (Lipinski definition) is 1. The average molecular weight is 387 g/mol. The van der Waals surface area contributed by atoms with Crippen LogP contribution in [0.15, 0.2) is 11.6 Å². The van der Waals surface area contributed by atoms with Crippen molar-refractivity contribution >= 4 is 0 Å². The molecule has 1 N–H and O–H groups in total. The number of aliphatic hydroxyl groups is 1. The fourth-order valence-corrected chi connectivity index (χ4v) is 8.67. The van der Waals surface area contributed by atoms with Crippen LogP contribution < -0.4 is 0 Å². The lowest BCUT2D eigenvalue weighted by Crippen LogP contribution is -2.50. The monoisotopic (exact) mass is 386 g/mol. The van der Waals surface area contributed by atoms with Crippen LogP contribution in [0.5, 0.6) is 0 Å². The summed E-state index contributed by atoms with van der Waals surface area (Å²) in [4.78, 5) is 0. The molecule has 5 unspecified atom stereocenters. The second kappa shape index (κ2) is 7.75. The zero-order valence-corrected chi connectivity index (χ0v) is 19.3. The Balaban J connectivity index is 1.49. The molecule has 0 amide bonds. The van der Waals surface area contributed by atoms with Crippen LogP contribution in [0.2, 0.25) is 0 Å². The van der Waals surface area contributed by atoms with Gasteiger partial charge in [0.15, 0.2) is 0 Å². The molecule has 160 valence electrons. The van der Waals surface area contributed by atoms with E-state index in [4.69, 9.17) is 0 Å². The number of rotatable bonds is 5. The summed E-state index contributed by atoms with van der Waals surface area (Å²) in [5.41, 5.74) is 2.60. The molecule has 0 saturated heterocycles. The van der Waals surface area contributed by atoms with Gasteiger partial charge in [-0.25, -0.2) is 0 Å². The maximum absolute atomic E-state index is 10.2. The first-order valence-corrected chi connectivity index (χ1v) is 12.6. The van der Waals surface area contributed by atoms with Gasteiger partial charge in [-0.15, -0.1) is 0 Å². The highest BCUT2D eigenvalue weighted by atomic mass is 16.3. The molecule has 1 nitrogen and oxygen atoms in total. The molecule has 28 heavy (non-hydrogen) atoms. The maximum Gasteiger partial charge on any atom is 0.0577 e. The molecule has 4 rings (SSSR count). The van der Waals surface area contributed by atoms with Gasteiger partial charge in [0, 0.05) is 0 Å². The molecule has 1 heteroatoms. The summed E-state index contributed by atoms with van der Waals surface area (Å²) in [5, 5.41) is 10.2. The topological polar surface area (TPSA) is 20.2 Å². The average Bonchev–Trinajstić information content (AvgIpc) is 2.99. The minimum absolute atomic E-state index is 0.0766. The molecule has 4 aliphatic carbocycles. The Morgan fingerprint density at radius 3 is 2.54 bits per heavy atom. The molecule has 8 atom stereocenters. The molecule has 4 aliphatic rings. The molecule has 0 aliphatic heterocycles. The molecule has 0 aromatic heterocycles. The van der Waals surface area contributed by atoms with E-state index in [1.165, 1.54) is 57.8 Å². The normalized spacial score (nSPS) is 46.5.